The van der Waals surface area contributed by atoms with Crippen molar-refractivity contribution in [2.45, 2.75) is 155 Å². The Labute approximate surface area is 222 Å². The Hall–Kier alpha value is -0.120. The second kappa shape index (κ2) is 9.81. The van der Waals surface area contributed by atoms with Gasteiger partial charge in [0.25, 0.3) is 0 Å². The first-order valence-electron chi connectivity index (χ1n) is 16.0. The average Bonchev–Trinajstić information content (AvgIpc) is 3.20. The SMILES string of the molecule is C[C@H](CC[C@@H](O)C1CCCCC1)[C@H]1CC[C@H]2[C@@H]3CC[C@H]4C[C@](O)(C(C)(C)O)CC[C@]4(C)[C@H]3CC[C@]12C. The van der Waals surface area contributed by atoms with Crippen LogP contribution in [0.5, 0.6) is 0 Å². The molecule has 3 nitrogen and oxygen atoms in total. The predicted molar refractivity (Wildman–Crippen MR) is 147 cm³/mol. The summed E-state index contributed by atoms with van der Waals surface area (Å²) in [5, 5.41) is 33.0. The van der Waals surface area contributed by atoms with E-state index in [0.717, 1.165) is 55.3 Å². The number of aliphatic hydroxyl groups excluding tert-OH is 1. The molecule has 5 aliphatic carbocycles. The normalized spacial score (nSPS) is 47.5. The van der Waals surface area contributed by atoms with Gasteiger partial charge in [-0.15, -0.1) is 0 Å². The van der Waals surface area contributed by atoms with Gasteiger partial charge in [0.15, 0.2) is 0 Å². The molecule has 0 aromatic carbocycles. The molecule has 0 heterocycles. The average molecular weight is 503 g/mol. The van der Waals surface area contributed by atoms with E-state index in [4.69, 9.17) is 0 Å². The lowest BCUT2D eigenvalue weighted by molar-refractivity contribution is -0.204. The van der Waals surface area contributed by atoms with E-state index in [-0.39, 0.29) is 6.10 Å². The van der Waals surface area contributed by atoms with Crippen LogP contribution in [0.15, 0.2) is 0 Å². The Morgan fingerprint density at radius 2 is 1.50 bits per heavy atom. The Morgan fingerprint density at radius 1 is 0.806 bits per heavy atom. The summed E-state index contributed by atoms with van der Waals surface area (Å²) in [6.07, 6.45) is 19.3. The molecule has 0 radical (unpaired) electrons. The number of rotatable bonds is 6. The third-order valence-electron chi connectivity index (χ3n) is 13.7. The Morgan fingerprint density at radius 3 is 2.19 bits per heavy atom. The highest BCUT2D eigenvalue weighted by molar-refractivity contribution is 5.12. The molecule has 10 atom stereocenters. The molecule has 3 heteroatoms. The molecule has 5 saturated carbocycles. The molecule has 36 heavy (non-hydrogen) atoms. The maximum absolute atomic E-state index is 11.3. The standard InChI is InChI=1S/C33H58O3/c1-22(11-16-29(34)23-9-7-6-8-10-23)26-14-15-27-25-13-12-24-21-33(36,30(2,3)35)20-19-31(24,4)28(25)17-18-32(26,27)5/h22-29,34-36H,6-21H2,1-5H3/t22-,24+,25+,26-,27+,28+,29-,31+,32-,33+/m1/s1. The molecule has 0 saturated heterocycles. The summed E-state index contributed by atoms with van der Waals surface area (Å²) >= 11 is 0. The summed E-state index contributed by atoms with van der Waals surface area (Å²) in [6.45, 7) is 11.3. The molecular weight excluding hydrogens is 444 g/mol. The molecule has 0 aromatic rings. The highest BCUT2D eigenvalue weighted by Gasteiger charge is 2.62. The quantitative estimate of drug-likeness (QED) is 0.352. The van der Waals surface area contributed by atoms with Gasteiger partial charge in [-0.25, -0.2) is 0 Å². The Kier molecular flexibility index (Phi) is 7.48. The van der Waals surface area contributed by atoms with E-state index < -0.39 is 11.2 Å². The van der Waals surface area contributed by atoms with Crippen LogP contribution in [0.1, 0.15) is 137 Å². The van der Waals surface area contributed by atoms with Gasteiger partial charge in [0, 0.05) is 0 Å². The minimum absolute atomic E-state index is 0.0717. The number of hydrogen-bond donors (Lipinski definition) is 3. The fraction of sp³-hybridized carbons (Fsp3) is 1.00. The van der Waals surface area contributed by atoms with Crippen LogP contribution in [0.25, 0.3) is 0 Å². The summed E-state index contributed by atoms with van der Waals surface area (Å²) in [7, 11) is 0. The summed E-state index contributed by atoms with van der Waals surface area (Å²) in [5.41, 5.74) is -1.14. The molecule has 0 unspecified atom stereocenters. The van der Waals surface area contributed by atoms with E-state index in [9.17, 15) is 15.3 Å². The lowest BCUT2D eigenvalue weighted by atomic mass is 9.43. The second-order valence-corrected chi connectivity index (χ2v) is 15.7. The maximum Gasteiger partial charge on any atom is 0.0930 e. The van der Waals surface area contributed by atoms with E-state index in [0.29, 0.717) is 22.7 Å². The van der Waals surface area contributed by atoms with E-state index in [1.165, 1.54) is 77.0 Å². The number of hydrogen-bond acceptors (Lipinski definition) is 3. The summed E-state index contributed by atoms with van der Waals surface area (Å²) in [5.74, 6) is 5.16. The molecule has 5 fully saturated rings. The predicted octanol–water partition coefficient (Wildman–Crippen LogP) is 7.50. The maximum atomic E-state index is 11.3. The van der Waals surface area contributed by atoms with Gasteiger partial charge >= 0.3 is 0 Å². The molecule has 0 amide bonds. The third-order valence-corrected chi connectivity index (χ3v) is 13.7. The molecule has 3 N–H and O–H groups in total. The van der Waals surface area contributed by atoms with Crippen LogP contribution in [0.3, 0.4) is 0 Å². The first kappa shape index (κ1) is 27.4. The molecule has 5 rings (SSSR count). The molecule has 0 aromatic heterocycles. The molecule has 0 bridgehead atoms. The van der Waals surface area contributed by atoms with Gasteiger partial charge in [0.1, 0.15) is 0 Å². The van der Waals surface area contributed by atoms with Gasteiger partial charge in [0.2, 0.25) is 0 Å². The lowest BCUT2D eigenvalue weighted by Gasteiger charge is -2.63. The zero-order valence-electron chi connectivity index (χ0n) is 24.3. The fourth-order valence-electron chi connectivity index (χ4n) is 11.2. The molecule has 5 aliphatic rings. The van der Waals surface area contributed by atoms with Gasteiger partial charge < -0.3 is 15.3 Å². The van der Waals surface area contributed by atoms with Gasteiger partial charge in [-0.3, -0.25) is 0 Å². The lowest BCUT2D eigenvalue weighted by Crippen LogP contribution is -2.60. The summed E-state index contributed by atoms with van der Waals surface area (Å²) in [6, 6.07) is 0. The van der Waals surface area contributed by atoms with Crippen molar-refractivity contribution in [3.8, 4) is 0 Å². The van der Waals surface area contributed by atoms with Crippen molar-refractivity contribution < 1.29 is 15.3 Å². The smallest absolute Gasteiger partial charge is 0.0930 e. The van der Waals surface area contributed by atoms with Crippen molar-refractivity contribution in [2.75, 3.05) is 0 Å². The molecular formula is C33H58O3. The zero-order chi connectivity index (χ0) is 25.9. The Bertz CT molecular complexity index is 767. The van der Waals surface area contributed by atoms with Crippen LogP contribution in [-0.2, 0) is 0 Å². The van der Waals surface area contributed by atoms with Gasteiger partial charge in [-0.1, -0.05) is 40.0 Å². The van der Waals surface area contributed by atoms with Crippen molar-refractivity contribution in [1.82, 2.24) is 0 Å². The van der Waals surface area contributed by atoms with E-state index in [1.807, 2.05) is 0 Å². The fourth-order valence-corrected chi connectivity index (χ4v) is 11.2. The number of fused-ring (bicyclic) bond motifs is 5. The van der Waals surface area contributed by atoms with Crippen molar-refractivity contribution in [2.24, 2.45) is 52.3 Å². The van der Waals surface area contributed by atoms with Crippen molar-refractivity contribution in [3.05, 3.63) is 0 Å². The van der Waals surface area contributed by atoms with E-state index in [1.54, 1.807) is 13.8 Å². The Balaban J connectivity index is 1.23. The van der Waals surface area contributed by atoms with Crippen LogP contribution in [0.2, 0.25) is 0 Å². The number of aliphatic hydroxyl groups is 3. The summed E-state index contributed by atoms with van der Waals surface area (Å²) in [4.78, 5) is 0. The van der Waals surface area contributed by atoms with E-state index >= 15 is 0 Å². The third kappa shape index (κ3) is 4.53. The largest absolute Gasteiger partial charge is 0.393 e. The summed E-state index contributed by atoms with van der Waals surface area (Å²) < 4.78 is 0. The van der Waals surface area contributed by atoms with Crippen LogP contribution >= 0.6 is 0 Å². The second-order valence-electron chi connectivity index (χ2n) is 15.7. The van der Waals surface area contributed by atoms with Crippen molar-refractivity contribution >= 4 is 0 Å². The van der Waals surface area contributed by atoms with Crippen LogP contribution < -0.4 is 0 Å². The van der Waals surface area contributed by atoms with Crippen molar-refractivity contribution in [3.63, 3.8) is 0 Å². The minimum atomic E-state index is -1.02. The first-order valence-corrected chi connectivity index (χ1v) is 16.0. The van der Waals surface area contributed by atoms with E-state index in [2.05, 4.69) is 20.8 Å². The van der Waals surface area contributed by atoms with Crippen LogP contribution in [0, 0.1) is 52.3 Å². The molecule has 0 spiro atoms. The first-order chi connectivity index (χ1) is 16.9. The van der Waals surface area contributed by atoms with Crippen molar-refractivity contribution in [1.29, 1.82) is 0 Å². The minimum Gasteiger partial charge on any atom is -0.393 e. The van der Waals surface area contributed by atoms with Gasteiger partial charge in [0.05, 0.1) is 17.3 Å². The monoisotopic (exact) mass is 502 g/mol. The van der Waals surface area contributed by atoms with Gasteiger partial charge in [-0.05, 0) is 150 Å². The molecule has 0 aliphatic heterocycles. The van der Waals surface area contributed by atoms with Crippen LogP contribution in [-0.4, -0.2) is 32.6 Å². The highest BCUT2D eigenvalue weighted by atomic mass is 16.4. The highest BCUT2D eigenvalue weighted by Crippen LogP contribution is 2.69. The zero-order valence-corrected chi connectivity index (χ0v) is 24.3. The van der Waals surface area contributed by atoms with Gasteiger partial charge in [-0.2, -0.15) is 0 Å². The molecule has 208 valence electrons. The topological polar surface area (TPSA) is 60.7 Å². The van der Waals surface area contributed by atoms with Crippen LogP contribution in [0.4, 0.5) is 0 Å².